The summed E-state index contributed by atoms with van der Waals surface area (Å²) in [6.07, 6.45) is 24.7. The van der Waals surface area contributed by atoms with Crippen molar-refractivity contribution in [1.29, 1.82) is 0 Å². The van der Waals surface area contributed by atoms with Crippen LogP contribution in [0.1, 0.15) is 156 Å². The Morgan fingerprint density at radius 2 is 1.67 bits per heavy atom. The predicted molar refractivity (Wildman–Crippen MR) is 182 cm³/mol. The molecule has 252 valence electrons. The molecule has 6 aliphatic rings. The lowest BCUT2D eigenvalue weighted by Gasteiger charge is -2.44. The summed E-state index contributed by atoms with van der Waals surface area (Å²) in [6.45, 7) is 8.71. The lowest BCUT2D eigenvalue weighted by Crippen LogP contribution is -2.59. The largest absolute Gasteiger partial charge is 0.459 e. The quantitative estimate of drug-likeness (QED) is 0.104. The minimum atomic E-state index is -0.113. The second kappa shape index (κ2) is 15.1. The Morgan fingerprint density at radius 3 is 2.49 bits per heavy atom. The number of allylic oxidation sites excluding steroid dienone is 1. The average Bonchev–Trinajstić information content (AvgIpc) is 3.61. The third-order valence-electron chi connectivity index (χ3n) is 11.7. The number of ether oxygens (including phenoxy) is 1. The highest BCUT2D eigenvalue weighted by Crippen LogP contribution is 2.37. The van der Waals surface area contributed by atoms with Gasteiger partial charge in [-0.3, -0.25) is 9.89 Å². The molecule has 8 atom stereocenters. The van der Waals surface area contributed by atoms with Crippen molar-refractivity contribution in [2.75, 3.05) is 0 Å². The van der Waals surface area contributed by atoms with Gasteiger partial charge in [0.15, 0.2) is 5.96 Å². The van der Waals surface area contributed by atoms with Gasteiger partial charge < -0.3 is 15.0 Å². The van der Waals surface area contributed by atoms with E-state index in [0.717, 1.165) is 55.0 Å². The predicted octanol–water partition coefficient (Wildman–Crippen LogP) is 6.49. The van der Waals surface area contributed by atoms with Gasteiger partial charge in [0.2, 0.25) is 0 Å². The molecule has 45 heavy (non-hydrogen) atoms. The zero-order chi connectivity index (χ0) is 31.3. The highest BCUT2D eigenvalue weighted by molar-refractivity contribution is 5.93. The number of carbonyl (C=O) groups is 1. The topological polar surface area (TPSA) is 81.0 Å². The molecule has 6 rings (SSSR count). The second-order valence-electron chi connectivity index (χ2n) is 15.4. The molecule has 0 saturated carbocycles. The molecule has 0 aliphatic carbocycles. The van der Waals surface area contributed by atoms with Crippen molar-refractivity contribution in [2.24, 2.45) is 4.99 Å². The van der Waals surface area contributed by atoms with Crippen LogP contribution in [-0.4, -0.2) is 75.8 Å². The molecule has 0 unspecified atom stereocenters. The molecule has 0 aromatic carbocycles. The van der Waals surface area contributed by atoms with Crippen LogP contribution >= 0.6 is 0 Å². The van der Waals surface area contributed by atoms with Gasteiger partial charge in [-0.2, -0.15) is 0 Å². The summed E-state index contributed by atoms with van der Waals surface area (Å²) in [5, 5.41) is 11.1. The average molecular weight is 624 g/mol. The molecular formula is C37H63N6O2+. The van der Waals surface area contributed by atoms with Crippen molar-refractivity contribution in [2.45, 2.75) is 205 Å². The number of rotatable bonds is 16. The Bertz CT molecular complexity index is 1130. The fraction of sp³-hybridized carbons (Fsp3) is 0.865. The van der Waals surface area contributed by atoms with Gasteiger partial charge in [-0.05, 0) is 85.0 Å². The van der Waals surface area contributed by atoms with Gasteiger partial charge in [0.1, 0.15) is 11.6 Å². The Kier molecular flexibility index (Phi) is 11.0. The number of hydrogen-bond acceptors (Lipinski definition) is 7. The van der Waals surface area contributed by atoms with Crippen LogP contribution in [0.15, 0.2) is 16.3 Å². The molecule has 8 nitrogen and oxygen atoms in total. The fourth-order valence-corrected chi connectivity index (χ4v) is 9.47. The van der Waals surface area contributed by atoms with Gasteiger partial charge in [0, 0.05) is 24.5 Å². The second-order valence-corrected chi connectivity index (χ2v) is 15.4. The van der Waals surface area contributed by atoms with Crippen LogP contribution < -0.4 is 16.0 Å². The zero-order valence-corrected chi connectivity index (χ0v) is 28.9. The number of carbonyl (C=O) groups excluding carboxylic acids is 1. The van der Waals surface area contributed by atoms with Crippen molar-refractivity contribution in [3.05, 3.63) is 11.3 Å². The number of nitrogens with zero attached hydrogens (tertiary/aromatic N) is 3. The summed E-state index contributed by atoms with van der Waals surface area (Å²) in [5.74, 6) is 2.21. The Labute approximate surface area is 273 Å². The molecule has 6 aliphatic heterocycles. The smallest absolute Gasteiger partial charge is 0.351 e. The summed E-state index contributed by atoms with van der Waals surface area (Å²) in [6, 6.07) is 3.70. The highest BCUT2D eigenvalue weighted by Gasteiger charge is 2.48. The fourth-order valence-electron chi connectivity index (χ4n) is 9.47. The molecule has 0 aromatic rings. The molecule has 0 radical (unpaired) electrons. The molecule has 0 aromatic heterocycles. The van der Waals surface area contributed by atoms with E-state index in [1.165, 1.54) is 109 Å². The lowest BCUT2D eigenvalue weighted by molar-refractivity contribution is -0.580. The maximum atomic E-state index is 13.5. The molecule has 0 spiro atoms. The standard InChI is InChI=1S/C37H62N6O2/c1-5-6-7-9-13-16-29-24-32-20-21-33-34(27(4)39-37(41-29)43(32)33)35(44)45-26(3)15-12-10-8-11-14-17-28-23-31-19-18-30-22-25(2)38-36(40-28)42(30)31/h25-26,28-33H,5-24H2,1-4H3,(H2,38,39,40,41,44)/p+1/t25-,26+,28+,29+,30+,31-,32-,33-/m0/s1. The van der Waals surface area contributed by atoms with Gasteiger partial charge >= 0.3 is 11.9 Å². The van der Waals surface area contributed by atoms with E-state index in [-0.39, 0.29) is 18.1 Å². The third kappa shape index (κ3) is 7.67. The molecule has 3 N–H and O–H groups in total. The van der Waals surface area contributed by atoms with Crippen molar-refractivity contribution < 1.29 is 14.1 Å². The number of aliphatic imine (C=N–C) groups is 1. The summed E-state index contributed by atoms with van der Waals surface area (Å²) >= 11 is 0. The van der Waals surface area contributed by atoms with Gasteiger partial charge in [-0.1, -0.05) is 64.7 Å². The number of unbranched alkanes of at least 4 members (excludes halogenated alkanes) is 8. The summed E-state index contributed by atoms with van der Waals surface area (Å²) in [7, 11) is 0. The summed E-state index contributed by atoms with van der Waals surface area (Å²) < 4.78 is 8.53. The number of guanidine groups is 2. The maximum absolute atomic E-state index is 13.5. The minimum absolute atomic E-state index is 0.0430. The first-order chi connectivity index (χ1) is 21.9. The van der Waals surface area contributed by atoms with E-state index < -0.39 is 0 Å². The summed E-state index contributed by atoms with van der Waals surface area (Å²) in [5.41, 5.74) is 1.82. The van der Waals surface area contributed by atoms with Gasteiger partial charge in [0.05, 0.1) is 29.9 Å². The highest BCUT2D eigenvalue weighted by atomic mass is 16.5. The van der Waals surface area contributed by atoms with Gasteiger partial charge in [-0.15, -0.1) is 0 Å². The van der Waals surface area contributed by atoms with E-state index in [2.05, 4.69) is 53.1 Å². The van der Waals surface area contributed by atoms with Crippen LogP contribution in [0, 0.1) is 0 Å². The maximum Gasteiger partial charge on any atom is 0.351 e. The number of esters is 1. The van der Waals surface area contributed by atoms with E-state index in [4.69, 9.17) is 9.73 Å². The van der Waals surface area contributed by atoms with Crippen molar-refractivity contribution >= 4 is 17.9 Å². The van der Waals surface area contributed by atoms with Crippen LogP contribution in [0.4, 0.5) is 0 Å². The molecule has 6 heterocycles. The van der Waals surface area contributed by atoms with Gasteiger partial charge in [0.25, 0.3) is 0 Å². The first-order valence-electron chi connectivity index (χ1n) is 19.1. The number of hydrogen-bond donors (Lipinski definition) is 3. The number of nitrogens with one attached hydrogen (secondary N) is 3. The molecule has 8 heteroatoms. The van der Waals surface area contributed by atoms with Crippen LogP contribution in [-0.2, 0) is 9.53 Å². The van der Waals surface area contributed by atoms with E-state index in [9.17, 15) is 4.79 Å². The molecule has 0 amide bonds. The van der Waals surface area contributed by atoms with E-state index in [1.807, 2.05) is 0 Å². The van der Waals surface area contributed by atoms with E-state index >= 15 is 0 Å². The van der Waals surface area contributed by atoms with Crippen LogP contribution in [0.25, 0.3) is 0 Å². The van der Waals surface area contributed by atoms with Crippen LogP contribution in [0.2, 0.25) is 0 Å². The molecular weight excluding hydrogens is 560 g/mol. The zero-order valence-electron chi connectivity index (χ0n) is 28.9. The van der Waals surface area contributed by atoms with Crippen LogP contribution in [0.3, 0.4) is 0 Å². The third-order valence-corrected chi connectivity index (χ3v) is 11.7. The van der Waals surface area contributed by atoms with Crippen LogP contribution in [0.5, 0.6) is 0 Å². The normalized spacial score (nSPS) is 32.3. The first kappa shape index (κ1) is 32.7. The van der Waals surface area contributed by atoms with Crippen molar-refractivity contribution in [1.82, 2.24) is 20.9 Å². The van der Waals surface area contributed by atoms with Gasteiger partial charge in [-0.25, -0.2) is 15.1 Å². The Morgan fingerprint density at radius 1 is 0.933 bits per heavy atom. The molecule has 3 saturated heterocycles. The molecule has 3 fully saturated rings. The SMILES string of the molecule is CCCCCCC[C@@H]1C[C@@H]2CC[C@H]3C(C(=O)O[C@H](C)CCCCCCC[C@@H]4C[C@@H]5CC[C@@H]6C[C@H](C)NC(=N4)N65)=C(C)NC(=[N+]23)N1. The Hall–Kier alpha value is -2.25. The summed E-state index contributed by atoms with van der Waals surface area (Å²) in [4.78, 5) is 21.2. The molecule has 0 bridgehead atoms. The van der Waals surface area contributed by atoms with Crippen molar-refractivity contribution in [3.63, 3.8) is 0 Å². The minimum Gasteiger partial charge on any atom is -0.459 e. The Balaban J connectivity index is 0.878. The lowest BCUT2D eigenvalue weighted by atomic mass is 9.97. The monoisotopic (exact) mass is 624 g/mol. The first-order valence-corrected chi connectivity index (χ1v) is 19.1. The van der Waals surface area contributed by atoms with E-state index in [0.29, 0.717) is 24.2 Å². The van der Waals surface area contributed by atoms with E-state index in [1.54, 1.807) is 0 Å². The van der Waals surface area contributed by atoms with Crippen molar-refractivity contribution in [3.8, 4) is 0 Å².